The summed E-state index contributed by atoms with van der Waals surface area (Å²) < 4.78 is 5.22. The number of carbonyl (C=O) groups excluding carboxylic acids is 3. The van der Waals surface area contributed by atoms with Crippen molar-refractivity contribution in [1.82, 2.24) is 5.32 Å². The molecule has 2 atom stereocenters. The molecule has 0 spiro atoms. The molecule has 30 heavy (non-hydrogen) atoms. The van der Waals surface area contributed by atoms with Crippen molar-refractivity contribution >= 4 is 78.3 Å². The number of esters is 2. The second kappa shape index (κ2) is 12.3. The van der Waals surface area contributed by atoms with Crippen molar-refractivity contribution < 1.29 is 22.0 Å². The molecule has 5 nitrogen and oxygen atoms in total. The minimum atomic E-state index is -0.955. The molecule has 0 aromatic heterocycles. The SMILES string of the molecule is C[C@H](CSC(=O)c1ccccc1)C(=O)OC(=O)[C@@]1(Sc2ccccc2)CCCN1.[Ca+2].[H-].[H-]. The molecular weight excluding hydrogens is 446 g/mol. The van der Waals surface area contributed by atoms with E-state index in [1.54, 1.807) is 31.2 Å². The first-order chi connectivity index (χ1) is 14.0. The minimum absolute atomic E-state index is 0. The number of thioether (sulfide) groups is 2. The van der Waals surface area contributed by atoms with Crippen molar-refractivity contribution in [3.63, 3.8) is 0 Å². The van der Waals surface area contributed by atoms with Crippen LogP contribution in [0.4, 0.5) is 0 Å². The zero-order valence-corrected chi connectivity index (χ0v) is 20.7. The topological polar surface area (TPSA) is 72.5 Å². The van der Waals surface area contributed by atoms with E-state index in [1.807, 2.05) is 36.4 Å². The van der Waals surface area contributed by atoms with Crippen LogP contribution in [0.25, 0.3) is 0 Å². The predicted molar refractivity (Wildman–Crippen MR) is 124 cm³/mol. The fraction of sp³-hybridized carbons (Fsp3) is 0.318. The summed E-state index contributed by atoms with van der Waals surface area (Å²) >= 11 is 2.43. The van der Waals surface area contributed by atoms with Gasteiger partial charge in [0.15, 0.2) is 4.87 Å². The fourth-order valence-electron chi connectivity index (χ4n) is 2.91. The Hall–Kier alpha value is -0.830. The Labute approximate surface area is 218 Å². The number of ether oxygens (including phenoxy) is 1. The van der Waals surface area contributed by atoms with Gasteiger partial charge in [0.25, 0.3) is 0 Å². The Morgan fingerprint density at radius 2 is 1.73 bits per heavy atom. The molecule has 2 aromatic rings. The van der Waals surface area contributed by atoms with E-state index in [0.29, 0.717) is 18.5 Å². The number of carbonyl (C=O) groups is 3. The molecular formula is C22H25CaNO4S2. The molecule has 1 aliphatic heterocycles. The summed E-state index contributed by atoms with van der Waals surface area (Å²) in [6, 6.07) is 18.5. The van der Waals surface area contributed by atoms with Crippen LogP contribution in [0.1, 0.15) is 33.0 Å². The summed E-state index contributed by atoms with van der Waals surface area (Å²) in [6.07, 6.45) is 1.43. The number of hydrogen-bond donors (Lipinski definition) is 1. The number of rotatable bonds is 7. The van der Waals surface area contributed by atoms with E-state index in [9.17, 15) is 14.4 Å². The van der Waals surface area contributed by atoms with Gasteiger partial charge in [-0.25, -0.2) is 4.79 Å². The number of nitrogens with one attached hydrogen (secondary N) is 1. The molecule has 0 unspecified atom stereocenters. The van der Waals surface area contributed by atoms with Gasteiger partial charge in [-0.05, 0) is 31.5 Å². The molecule has 1 aliphatic rings. The summed E-state index contributed by atoms with van der Waals surface area (Å²) in [5, 5.41) is 3.10. The van der Waals surface area contributed by atoms with E-state index in [1.165, 1.54) is 11.8 Å². The van der Waals surface area contributed by atoms with E-state index < -0.39 is 22.7 Å². The molecule has 156 valence electrons. The van der Waals surface area contributed by atoms with Gasteiger partial charge in [-0.15, -0.1) is 0 Å². The predicted octanol–water partition coefficient (Wildman–Crippen LogP) is 3.98. The maximum atomic E-state index is 12.8. The van der Waals surface area contributed by atoms with Crippen LogP contribution in [0, 0.1) is 5.92 Å². The van der Waals surface area contributed by atoms with Gasteiger partial charge < -0.3 is 7.59 Å². The van der Waals surface area contributed by atoms with E-state index >= 15 is 0 Å². The van der Waals surface area contributed by atoms with Crippen molar-refractivity contribution in [2.75, 3.05) is 12.3 Å². The Morgan fingerprint density at radius 1 is 1.10 bits per heavy atom. The summed E-state index contributed by atoms with van der Waals surface area (Å²) in [4.78, 5) is 37.5. The van der Waals surface area contributed by atoms with E-state index in [0.717, 1.165) is 23.1 Å². The van der Waals surface area contributed by atoms with E-state index in [4.69, 9.17) is 4.74 Å². The summed E-state index contributed by atoms with van der Waals surface area (Å²) in [7, 11) is 0. The van der Waals surface area contributed by atoms with Crippen molar-refractivity contribution in [2.45, 2.75) is 29.5 Å². The van der Waals surface area contributed by atoms with Crippen molar-refractivity contribution in [3.05, 3.63) is 66.2 Å². The third kappa shape index (κ3) is 6.84. The monoisotopic (exact) mass is 471 g/mol. The van der Waals surface area contributed by atoms with Gasteiger partial charge in [-0.1, -0.05) is 79.0 Å². The second-order valence-electron chi connectivity index (χ2n) is 6.85. The molecule has 8 heteroatoms. The zero-order chi connectivity index (χ0) is 20.7. The van der Waals surface area contributed by atoms with Gasteiger partial charge in [0.1, 0.15) is 0 Å². The first-order valence-corrected chi connectivity index (χ1v) is 11.3. The quantitative estimate of drug-likeness (QED) is 0.372. The van der Waals surface area contributed by atoms with Crippen molar-refractivity contribution in [1.29, 1.82) is 0 Å². The van der Waals surface area contributed by atoms with Gasteiger partial charge in [-0.2, -0.15) is 0 Å². The number of benzene rings is 2. The average molecular weight is 472 g/mol. The maximum absolute atomic E-state index is 12.8. The molecule has 0 aliphatic carbocycles. The molecule has 1 N–H and O–H groups in total. The van der Waals surface area contributed by atoms with Gasteiger partial charge in [0.05, 0.1) is 5.92 Å². The molecule has 3 rings (SSSR count). The van der Waals surface area contributed by atoms with Gasteiger partial charge in [0.2, 0.25) is 5.12 Å². The molecule has 1 fully saturated rings. The normalized spacial score (nSPS) is 18.8. The van der Waals surface area contributed by atoms with Crippen LogP contribution in [0.2, 0.25) is 0 Å². The smallest absolute Gasteiger partial charge is 1.00 e. The van der Waals surface area contributed by atoms with Crippen molar-refractivity contribution in [2.24, 2.45) is 5.92 Å². The van der Waals surface area contributed by atoms with E-state index in [2.05, 4.69) is 5.32 Å². The molecule has 0 saturated carbocycles. The molecule has 1 heterocycles. The third-order valence-electron chi connectivity index (χ3n) is 4.55. The summed E-state index contributed by atoms with van der Waals surface area (Å²) in [5.41, 5.74) is 0.586. The van der Waals surface area contributed by atoms with Crippen molar-refractivity contribution in [3.8, 4) is 0 Å². The Bertz CT molecular complexity index is 869. The van der Waals surface area contributed by atoms with Crippen LogP contribution in [-0.2, 0) is 14.3 Å². The molecule has 2 aromatic carbocycles. The molecule has 0 amide bonds. The fourth-order valence-corrected chi connectivity index (χ4v) is 4.99. The first-order valence-electron chi connectivity index (χ1n) is 9.47. The third-order valence-corrected chi connectivity index (χ3v) is 7.09. The van der Waals surface area contributed by atoms with Crippen LogP contribution in [-0.4, -0.2) is 72.0 Å². The largest absolute Gasteiger partial charge is 2.00 e. The van der Waals surface area contributed by atoms with E-state index in [-0.39, 0.29) is 51.5 Å². The summed E-state index contributed by atoms with van der Waals surface area (Å²) in [5.74, 6) is -1.49. The van der Waals surface area contributed by atoms with Crippen LogP contribution in [0.15, 0.2) is 65.6 Å². The molecule has 0 bridgehead atoms. The Balaban J connectivity index is 0.00000320. The van der Waals surface area contributed by atoms with Crippen LogP contribution < -0.4 is 5.32 Å². The van der Waals surface area contributed by atoms with Gasteiger partial charge in [-0.3, -0.25) is 14.9 Å². The Morgan fingerprint density at radius 3 is 2.33 bits per heavy atom. The Kier molecular flexibility index (Phi) is 10.4. The second-order valence-corrected chi connectivity index (χ2v) is 9.21. The van der Waals surface area contributed by atoms with Crippen LogP contribution in [0.3, 0.4) is 0 Å². The minimum Gasteiger partial charge on any atom is -1.00 e. The van der Waals surface area contributed by atoms with Crippen LogP contribution >= 0.6 is 23.5 Å². The number of hydrogen-bond acceptors (Lipinski definition) is 7. The average Bonchev–Trinajstić information content (AvgIpc) is 3.22. The maximum Gasteiger partial charge on any atom is 2.00 e. The summed E-state index contributed by atoms with van der Waals surface area (Å²) in [6.45, 7) is 2.36. The van der Waals surface area contributed by atoms with Gasteiger partial charge in [0, 0.05) is 16.2 Å². The standard InChI is InChI=1S/C22H23NO4S2.Ca.2H/c1-16(15-28-20(25)17-9-4-2-5-10-17)19(24)27-21(26)22(13-8-14-23-22)29-18-11-6-3-7-12-18;;;/h2-7,9-12,16,23H,8,13-15H2,1H3;;;/q;+2;2*-1/t16-,22+;;;/m1.../s1. The zero-order valence-electron chi connectivity index (χ0n) is 18.8. The molecule has 1 saturated heterocycles. The first kappa shape index (κ1) is 25.4. The van der Waals surface area contributed by atoms with Gasteiger partial charge >= 0.3 is 49.7 Å². The van der Waals surface area contributed by atoms with Crippen LogP contribution in [0.5, 0.6) is 0 Å². The molecule has 0 radical (unpaired) electrons.